The summed E-state index contributed by atoms with van der Waals surface area (Å²) in [5.74, 6) is 1.56. The molecule has 1 saturated heterocycles. The summed E-state index contributed by atoms with van der Waals surface area (Å²) in [7, 11) is 0. The Bertz CT molecular complexity index is 686. The standard InChI is InChI=1S/C20H29N5O/c1-3-15-13-19(24-20(23-15)18-7-5-6-10-21-18)22-16-8-11-25(12-9-16)14-17(26)4-2/h5-7,10,13,16-17,26H,3-4,8-9,11-12,14H2,1-2H3,(H,22,23,24). The van der Waals surface area contributed by atoms with Crippen molar-refractivity contribution in [3.63, 3.8) is 0 Å². The van der Waals surface area contributed by atoms with Gasteiger partial charge in [0.25, 0.3) is 0 Å². The molecule has 6 heteroatoms. The minimum atomic E-state index is -0.214. The number of β-amino-alcohol motifs (C(OH)–C–C–N with tert-alkyl or cyclic N) is 1. The van der Waals surface area contributed by atoms with Crippen molar-refractivity contribution in [3.8, 4) is 11.5 Å². The fourth-order valence-electron chi connectivity index (χ4n) is 3.26. The minimum Gasteiger partial charge on any atom is -0.392 e. The van der Waals surface area contributed by atoms with Gasteiger partial charge < -0.3 is 15.3 Å². The number of nitrogens with zero attached hydrogens (tertiary/aromatic N) is 4. The number of aliphatic hydroxyl groups excluding tert-OH is 1. The van der Waals surface area contributed by atoms with Gasteiger partial charge in [-0.25, -0.2) is 9.97 Å². The molecule has 140 valence electrons. The zero-order valence-electron chi connectivity index (χ0n) is 15.7. The monoisotopic (exact) mass is 355 g/mol. The number of piperidine rings is 1. The van der Waals surface area contributed by atoms with Gasteiger partial charge >= 0.3 is 0 Å². The minimum absolute atomic E-state index is 0.214. The molecule has 1 unspecified atom stereocenters. The predicted octanol–water partition coefficient (Wildman–Crippen LogP) is 2.75. The zero-order chi connectivity index (χ0) is 18.4. The number of likely N-dealkylation sites (tertiary alicyclic amines) is 1. The fourth-order valence-corrected chi connectivity index (χ4v) is 3.26. The van der Waals surface area contributed by atoms with Crippen molar-refractivity contribution in [2.24, 2.45) is 0 Å². The van der Waals surface area contributed by atoms with Crippen LogP contribution in [0, 0.1) is 0 Å². The van der Waals surface area contributed by atoms with E-state index < -0.39 is 0 Å². The van der Waals surface area contributed by atoms with Crippen LogP contribution < -0.4 is 5.32 Å². The number of hydrogen-bond donors (Lipinski definition) is 2. The van der Waals surface area contributed by atoms with Crippen molar-refractivity contribution < 1.29 is 5.11 Å². The Morgan fingerprint density at radius 2 is 2.04 bits per heavy atom. The van der Waals surface area contributed by atoms with E-state index in [1.807, 2.05) is 31.2 Å². The van der Waals surface area contributed by atoms with Gasteiger partial charge in [-0.05, 0) is 37.8 Å². The van der Waals surface area contributed by atoms with Gasteiger partial charge in [0.2, 0.25) is 0 Å². The molecule has 0 aromatic carbocycles. The molecule has 0 bridgehead atoms. The SMILES string of the molecule is CCc1cc(NC2CCN(CC(O)CC)CC2)nc(-c2ccccn2)n1. The molecule has 0 saturated carbocycles. The largest absolute Gasteiger partial charge is 0.392 e. The second-order valence-corrected chi connectivity index (χ2v) is 6.92. The van der Waals surface area contributed by atoms with Gasteiger partial charge in [0.1, 0.15) is 11.5 Å². The molecule has 1 aliphatic rings. The van der Waals surface area contributed by atoms with Crippen LogP contribution in [0.3, 0.4) is 0 Å². The van der Waals surface area contributed by atoms with Crippen molar-refractivity contribution in [1.29, 1.82) is 0 Å². The van der Waals surface area contributed by atoms with Crippen molar-refractivity contribution >= 4 is 5.82 Å². The van der Waals surface area contributed by atoms with Gasteiger partial charge in [-0.1, -0.05) is 19.9 Å². The summed E-state index contributed by atoms with van der Waals surface area (Å²) in [5.41, 5.74) is 1.82. The summed E-state index contributed by atoms with van der Waals surface area (Å²) >= 11 is 0. The van der Waals surface area contributed by atoms with Gasteiger partial charge in [-0.3, -0.25) is 4.98 Å². The number of nitrogens with one attached hydrogen (secondary N) is 1. The molecule has 2 aromatic rings. The molecule has 0 aliphatic carbocycles. The molecule has 3 heterocycles. The molecule has 0 spiro atoms. The van der Waals surface area contributed by atoms with E-state index in [-0.39, 0.29) is 6.10 Å². The van der Waals surface area contributed by atoms with E-state index in [4.69, 9.17) is 0 Å². The van der Waals surface area contributed by atoms with Crippen molar-refractivity contribution in [2.75, 3.05) is 25.0 Å². The molecule has 2 aromatic heterocycles. The van der Waals surface area contributed by atoms with E-state index in [1.54, 1.807) is 6.20 Å². The number of aryl methyl sites for hydroxylation is 1. The number of hydrogen-bond acceptors (Lipinski definition) is 6. The van der Waals surface area contributed by atoms with Gasteiger partial charge in [-0.15, -0.1) is 0 Å². The molecule has 3 rings (SSSR count). The van der Waals surface area contributed by atoms with Crippen LogP contribution in [0.1, 0.15) is 38.8 Å². The van der Waals surface area contributed by atoms with E-state index in [1.165, 1.54) is 0 Å². The predicted molar refractivity (Wildman–Crippen MR) is 104 cm³/mol. The van der Waals surface area contributed by atoms with Crippen LogP contribution in [-0.2, 0) is 6.42 Å². The van der Waals surface area contributed by atoms with Crippen LogP contribution in [0.15, 0.2) is 30.5 Å². The van der Waals surface area contributed by atoms with Gasteiger partial charge in [0.15, 0.2) is 5.82 Å². The van der Waals surface area contributed by atoms with Crippen LogP contribution in [0.2, 0.25) is 0 Å². The summed E-state index contributed by atoms with van der Waals surface area (Å²) in [6.45, 7) is 6.92. The number of aromatic nitrogens is 3. The van der Waals surface area contributed by atoms with Gasteiger partial charge in [0.05, 0.1) is 6.10 Å². The molecule has 1 aliphatic heterocycles. The number of anilines is 1. The van der Waals surface area contributed by atoms with E-state index in [0.717, 1.165) is 62.5 Å². The second-order valence-electron chi connectivity index (χ2n) is 6.92. The van der Waals surface area contributed by atoms with E-state index in [2.05, 4.69) is 32.1 Å². The van der Waals surface area contributed by atoms with Crippen LogP contribution in [0.4, 0.5) is 5.82 Å². The lowest BCUT2D eigenvalue weighted by Gasteiger charge is -2.33. The molecule has 0 amide bonds. The molecular formula is C20H29N5O. The summed E-state index contributed by atoms with van der Waals surface area (Å²) in [4.78, 5) is 16.0. The lowest BCUT2D eigenvalue weighted by Crippen LogP contribution is -2.42. The average Bonchev–Trinajstić information content (AvgIpc) is 2.69. The highest BCUT2D eigenvalue weighted by atomic mass is 16.3. The lowest BCUT2D eigenvalue weighted by atomic mass is 10.0. The maximum absolute atomic E-state index is 9.83. The van der Waals surface area contributed by atoms with Crippen LogP contribution in [0.25, 0.3) is 11.5 Å². The van der Waals surface area contributed by atoms with Crippen LogP contribution in [-0.4, -0.2) is 56.7 Å². The van der Waals surface area contributed by atoms with Crippen LogP contribution >= 0.6 is 0 Å². The molecule has 6 nitrogen and oxygen atoms in total. The third-order valence-corrected chi connectivity index (χ3v) is 4.92. The molecule has 1 atom stereocenters. The Hall–Kier alpha value is -2.05. The van der Waals surface area contributed by atoms with Gasteiger partial charge in [0, 0.05) is 43.6 Å². The summed E-state index contributed by atoms with van der Waals surface area (Å²) in [6.07, 6.45) is 5.35. The smallest absolute Gasteiger partial charge is 0.180 e. The Morgan fingerprint density at radius 1 is 1.23 bits per heavy atom. The summed E-state index contributed by atoms with van der Waals surface area (Å²) < 4.78 is 0. The zero-order valence-corrected chi connectivity index (χ0v) is 15.7. The Balaban J connectivity index is 1.65. The van der Waals surface area contributed by atoms with Crippen LogP contribution in [0.5, 0.6) is 0 Å². The molecule has 2 N–H and O–H groups in total. The first-order valence-electron chi connectivity index (χ1n) is 9.64. The van der Waals surface area contributed by atoms with Gasteiger partial charge in [-0.2, -0.15) is 0 Å². The Kier molecular flexibility index (Phi) is 6.52. The fraction of sp³-hybridized carbons (Fsp3) is 0.550. The van der Waals surface area contributed by atoms with Crippen molar-refractivity contribution in [3.05, 3.63) is 36.2 Å². The maximum atomic E-state index is 9.83. The Morgan fingerprint density at radius 3 is 2.69 bits per heavy atom. The first-order chi connectivity index (χ1) is 12.7. The van der Waals surface area contributed by atoms with E-state index in [0.29, 0.717) is 11.9 Å². The van der Waals surface area contributed by atoms with Crippen molar-refractivity contribution in [2.45, 2.75) is 51.7 Å². The third kappa shape index (κ3) is 4.99. The maximum Gasteiger partial charge on any atom is 0.180 e. The lowest BCUT2D eigenvalue weighted by molar-refractivity contribution is 0.0962. The summed E-state index contributed by atoms with van der Waals surface area (Å²) in [5, 5.41) is 13.4. The first-order valence-corrected chi connectivity index (χ1v) is 9.64. The molecular weight excluding hydrogens is 326 g/mol. The highest BCUT2D eigenvalue weighted by molar-refractivity contribution is 5.53. The number of rotatable bonds is 7. The number of aliphatic hydroxyl groups is 1. The number of pyridine rings is 1. The first kappa shape index (κ1) is 18.7. The average molecular weight is 355 g/mol. The highest BCUT2D eigenvalue weighted by Crippen LogP contribution is 2.20. The topological polar surface area (TPSA) is 74.2 Å². The normalized spacial score (nSPS) is 17.2. The molecule has 0 radical (unpaired) electrons. The van der Waals surface area contributed by atoms with Crippen molar-refractivity contribution in [1.82, 2.24) is 19.9 Å². The quantitative estimate of drug-likeness (QED) is 0.795. The highest BCUT2D eigenvalue weighted by Gasteiger charge is 2.21. The molecule has 26 heavy (non-hydrogen) atoms. The summed E-state index contributed by atoms with van der Waals surface area (Å²) in [6, 6.07) is 8.24. The van der Waals surface area contributed by atoms with E-state index >= 15 is 0 Å². The van der Waals surface area contributed by atoms with E-state index in [9.17, 15) is 5.11 Å². The Labute approximate surface area is 155 Å². The molecule has 1 fully saturated rings. The third-order valence-electron chi connectivity index (χ3n) is 4.92. The second kappa shape index (κ2) is 9.05.